The Hall–Kier alpha value is -3.89. The summed E-state index contributed by atoms with van der Waals surface area (Å²) in [5.74, 6) is -2.94. The topological polar surface area (TPSA) is 84.7 Å². The Morgan fingerprint density at radius 2 is 1.83 bits per heavy atom. The van der Waals surface area contributed by atoms with E-state index in [4.69, 9.17) is 0 Å². The van der Waals surface area contributed by atoms with Gasteiger partial charge >= 0.3 is 6.36 Å². The fraction of sp³-hybridized carbons (Fsp3) is 0.292. The standard InChI is InChI=1S/C24H19F4N3O4/c25-15-8-6-13(7-9-15)19(14-3-1-4-16(11-14)35-24(26,27)28)20-17-5-2-10-30(17)23(34)21-22(33)18(32)12-29-31(20)21/h1,3-4,6-9,11-12,17,19-20,33H,2,5,10H2/t17-,19+,20-/m1/s1. The fourth-order valence-electron chi connectivity index (χ4n) is 5.11. The number of carbonyl (C=O) groups is 1. The van der Waals surface area contributed by atoms with E-state index in [9.17, 15) is 32.3 Å². The number of nitrogens with zero attached hydrogens (tertiary/aromatic N) is 3. The lowest BCUT2D eigenvalue weighted by Gasteiger charge is -2.42. The first kappa shape index (κ1) is 22.9. The van der Waals surface area contributed by atoms with Gasteiger partial charge in [0.2, 0.25) is 5.43 Å². The number of ether oxygens (including phenoxy) is 1. The molecule has 0 radical (unpaired) electrons. The minimum Gasteiger partial charge on any atom is -0.502 e. The van der Waals surface area contributed by atoms with Crippen molar-refractivity contribution in [2.24, 2.45) is 0 Å². The molecule has 0 saturated carbocycles. The van der Waals surface area contributed by atoms with Crippen LogP contribution in [-0.4, -0.2) is 44.6 Å². The highest BCUT2D eigenvalue weighted by atomic mass is 19.4. The third kappa shape index (κ3) is 4.11. The molecule has 3 atom stereocenters. The number of hydrogen-bond acceptors (Lipinski definition) is 5. The number of alkyl halides is 3. The molecular weight excluding hydrogens is 470 g/mol. The van der Waals surface area contributed by atoms with E-state index in [2.05, 4.69) is 9.84 Å². The van der Waals surface area contributed by atoms with Crippen molar-refractivity contribution in [3.63, 3.8) is 0 Å². The number of carbonyl (C=O) groups excluding carboxylic acids is 1. The molecule has 1 N–H and O–H groups in total. The van der Waals surface area contributed by atoms with Crippen LogP contribution in [0.2, 0.25) is 0 Å². The molecule has 182 valence electrons. The zero-order valence-corrected chi connectivity index (χ0v) is 18.1. The van der Waals surface area contributed by atoms with Gasteiger partial charge in [0.15, 0.2) is 11.4 Å². The third-order valence-electron chi connectivity index (χ3n) is 6.45. The molecule has 1 saturated heterocycles. The van der Waals surface area contributed by atoms with Gasteiger partial charge in [-0.3, -0.25) is 14.3 Å². The number of aromatic hydroxyl groups is 1. The van der Waals surface area contributed by atoms with Crippen molar-refractivity contribution >= 4 is 5.91 Å². The Bertz CT molecular complexity index is 1340. The number of aromatic nitrogens is 2. The maximum Gasteiger partial charge on any atom is 0.573 e. The molecule has 3 aromatic rings. The van der Waals surface area contributed by atoms with Crippen LogP contribution in [0.4, 0.5) is 17.6 Å². The second-order valence-electron chi connectivity index (χ2n) is 8.50. The van der Waals surface area contributed by atoms with Crippen LogP contribution >= 0.6 is 0 Å². The Morgan fingerprint density at radius 3 is 2.54 bits per heavy atom. The normalized spacial score (nSPS) is 20.3. The van der Waals surface area contributed by atoms with Crippen LogP contribution in [0.25, 0.3) is 0 Å². The van der Waals surface area contributed by atoms with Crippen molar-refractivity contribution in [2.45, 2.75) is 37.2 Å². The van der Waals surface area contributed by atoms with Gasteiger partial charge < -0.3 is 14.7 Å². The molecule has 11 heteroatoms. The van der Waals surface area contributed by atoms with Gasteiger partial charge in [0.25, 0.3) is 5.91 Å². The summed E-state index contributed by atoms with van der Waals surface area (Å²) in [4.78, 5) is 26.8. The fourth-order valence-corrected chi connectivity index (χ4v) is 5.11. The summed E-state index contributed by atoms with van der Waals surface area (Å²) in [6, 6.07) is 9.77. The summed E-state index contributed by atoms with van der Waals surface area (Å²) >= 11 is 0. The molecule has 35 heavy (non-hydrogen) atoms. The predicted octanol–water partition coefficient (Wildman–Crippen LogP) is 3.98. The molecule has 1 amide bonds. The molecule has 2 aromatic carbocycles. The van der Waals surface area contributed by atoms with Crippen LogP contribution in [0.3, 0.4) is 0 Å². The number of benzene rings is 2. The minimum absolute atomic E-state index is 0.282. The van der Waals surface area contributed by atoms with Gasteiger partial charge in [0.1, 0.15) is 11.6 Å². The molecule has 0 bridgehead atoms. The van der Waals surface area contributed by atoms with E-state index in [1.54, 1.807) is 11.0 Å². The summed E-state index contributed by atoms with van der Waals surface area (Å²) in [5.41, 5.74) is -0.154. The Balaban J connectivity index is 1.73. The maximum absolute atomic E-state index is 13.8. The van der Waals surface area contributed by atoms with Crippen LogP contribution < -0.4 is 10.2 Å². The van der Waals surface area contributed by atoms with E-state index in [0.29, 0.717) is 30.5 Å². The summed E-state index contributed by atoms with van der Waals surface area (Å²) in [5, 5.41) is 14.6. The zero-order chi connectivity index (χ0) is 24.9. The number of rotatable bonds is 4. The lowest BCUT2D eigenvalue weighted by Crippen LogP contribution is -2.50. The van der Waals surface area contributed by atoms with Crippen LogP contribution in [-0.2, 0) is 0 Å². The van der Waals surface area contributed by atoms with Crippen LogP contribution in [0.5, 0.6) is 11.5 Å². The molecule has 0 spiro atoms. The first-order valence-electron chi connectivity index (χ1n) is 10.9. The minimum atomic E-state index is -4.90. The Kier molecular flexibility index (Phi) is 5.49. The molecule has 3 heterocycles. The van der Waals surface area contributed by atoms with Crippen molar-refractivity contribution < 1.29 is 32.2 Å². The molecule has 5 rings (SSSR count). The van der Waals surface area contributed by atoms with Gasteiger partial charge in [-0.05, 0) is 48.2 Å². The predicted molar refractivity (Wildman–Crippen MR) is 115 cm³/mol. The smallest absolute Gasteiger partial charge is 0.502 e. The summed E-state index contributed by atoms with van der Waals surface area (Å²) in [7, 11) is 0. The molecule has 2 aliphatic rings. The number of hydrogen-bond donors (Lipinski definition) is 1. The molecule has 1 fully saturated rings. The molecule has 0 unspecified atom stereocenters. The van der Waals surface area contributed by atoms with Crippen molar-refractivity contribution in [1.29, 1.82) is 0 Å². The number of fused-ring (bicyclic) bond motifs is 2. The highest BCUT2D eigenvalue weighted by molar-refractivity contribution is 5.96. The van der Waals surface area contributed by atoms with Crippen molar-refractivity contribution in [1.82, 2.24) is 14.7 Å². The van der Waals surface area contributed by atoms with E-state index in [-0.39, 0.29) is 5.69 Å². The van der Waals surface area contributed by atoms with Gasteiger partial charge in [-0.15, -0.1) is 13.2 Å². The van der Waals surface area contributed by atoms with Crippen LogP contribution in [0, 0.1) is 5.82 Å². The lowest BCUT2D eigenvalue weighted by atomic mass is 9.80. The van der Waals surface area contributed by atoms with E-state index < -0.39 is 53.0 Å². The van der Waals surface area contributed by atoms with Crippen molar-refractivity contribution in [3.05, 3.63) is 87.6 Å². The Labute approximate surface area is 196 Å². The largest absolute Gasteiger partial charge is 0.573 e. The van der Waals surface area contributed by atoms with Crippen molar-refractivity contribution in [2.75, 3.05) is 6.54 Å². The van der Waals surface area contributed by atoms with E-state index >= 15 is 0 Å². The highest BCUT2D eigenvalue weighted by Crippen LogP contribution is 2.46. The molecular formula is C24H19F4N3O4. The second-order valence-corrected chi connectivity index (χ2v) is 8.50. The summed E-state index contributed by atoms with van der Waals surface area (Å²) < 4.78 is 57.9. The molecule has 1 aromatic heterocycles. The monoisotopic (exact) mass is 489 g/mol. The van der Waals surface area contributed by atoms with Gasteiger partial charge in [-0.25, -0.2) is 4.39 Å². The summed E-state index contributed by atoms with van der Waals surface area (Å²) in [6.07, 6.45) is -2.78. The molecule has 7 nitrogen and oxygen atoms in total. The average Bonchev–Trinajstić information content (AvgIpc) is 3.29. The number of amides is 1. The van der Waals surface area contributed by atoms with Gasteiger partial charge in [0.05, 0.1) is 18.3 Å². The van der Waals surface area contributed by atoms with Crippen LogP contribution in [0.15, 0.2) is 59.5 Å². The lowest BCUT2D eigenvalue weighted by molar-refractivity contribution is -0.274. The van der Waals surface area contributed by atoms with Gasteiger partial charge in [-0.1, -0.05) is 24.3 Å². The van der Waals surface area contributed by atoms with E-state index in [0.717, 1.165) is 6.20 Å². The number of halogens is 4. The second kappa shape index (κ2) is 8.40. The van der Waals surface area contributed by atoms with Gasteiger partial charge in [0, 0.05) is 12.5 Å². The highest BCUT2D eigenvalue weighted by Gasteiger charge is 2.48. The maximum atomic E-state index is 13.8. The third-order valence-corrected chi connectivity index (χ3v) is 6.45. The molecule has 2 aliphatic heterocycles. The SMILES string of the molecule is O=C1c2c(O)c(=O)cnn2[C@@H]([C@@H](c2ccc(F)cc2)c2cccc(OC(F)(F)F)c2)[C@H]2CCCN12. The average molecular weight is 489 g/mol. The summed E-state index contributed by atoms with van der Waals surface area (Å²) in [6.45, 7) is 0.385. The van der Waals surface area contributed by atoms with Gasteiger partial charge in [-0.2, -0.15) is 5.10 Å². The Morgan fingerprint density at radius 1 is 1.09 bits per heavy atom. The van der Waals surface area contributed by atoms with E-state index in [1.807, 2.05) is 0 Å². The zero-order valence-electron chi connectivity index (χ0n) is 18.1. The van der Waals surface area contributed by atoms with Crippen molar-refractivity contribution in [3.8, 4) is 11.5 Å². The van der Waals surface area contributed by atoms with E-state index in [1.165, 1.54) is 47.1 Å². The van der Waals surface area contributed by atoms with Crippen LogP contribution in [0.1, 0.15) is 46.4 Å². The quantitative estimate of drug-likeness (QED) is 0.561. The molecule has 0 aliphatic carbocycles. The first-order chi connectivity index (χ1) is 16.6. The first-order valence-corrected chi connectivity index (χ1v) is 10.9.